The zero-order valence-corrected chi connectivity index (χ0v) is 11.4. The lowest BCUT2D eigenvalue weighted by atomic mass is 10.1. The van der Waals surface area contributed by atoms with Crippen molar-refractivity contribution in [3.8, 4) is 17.2 Å². The van der Waals surface area contributed by atoms with Crippen molar-refractivity contribution in [2.45, 2.75) is 26.3 Å². The Labute approximate surface area is 107 Å². The zero-order valence-electron chi connectivity index (χ0n) is 11.4. The molecule has 1 aromatic carbocycles. The number of para-hydroxylation sites is 1. The van der Waals surface area contributed by atoms with Crippen LogP contribution in [0.25, 0.3) is 0 Å². The van der Waals surface area contributed by atoms with Crippen LogP contribution in [-0.4, -0.2) is 25.9 Å². The Bertz CT molecular complexity index is 423. The van der Waals surface area contributed by atoms with Gasteiger partial charge in [0.1, 0.15) is 0 Å². The summed E-state index contributed by atoms with van der Waals surface area (Å²) in [6.45, 7) is 5.62. The topological polar surface area (TPSA) is 56.8 Å². The molecule has 0 aliphatic carbocycles. The normalized spacial score (nSPS) is 10.7. The van der Waals surface area contributed by atoms with Gasteiger partial charge in [0, 0.05) is 5.54 Å². The van der Waals surface area contributed by atoms with Crippen molar-refractivity contribution in [3.63, 3.8) is 0 Å². The molecule has 0 heterocycles. The van der Waals surface area contributed by atoms with Gasteiger partial charge in [-0.25, -0.2) is 4.79 Å². The summed E-state index contributed by atoms with van der Waals surface area (Å²) in [6.07, 6.45) is -0.533. The van der Waals surface area contributed by atoms with E-state index >= 15 is 0 Å². The molecule has 0 saturated heterocycles. The Morgan fingerprint density at radius 2 is 1.72 bits per heavy atom. The van der Waals surface area contributed by atoms with Crippen molar-refractivity contribution in [1.82, 2.24) is 5.32 Å². The largest absolute Gasteiger partial charge is 0.493 e. The fourth-order valence-corrected chi connectivity index (χ4v) is 1.37. The zero-order chi connectivity index (χ0) is 13.8. The third-order valence-corrected chi connectivity index (χ3v) is 2.05. The number of benzene rings is 1. The quantitative estimate of drug-likeness (QED) is 0.899. The molecule has 1 rings (SSSR count). The predicted octanol–water partition coefficient (Wildman–Crippen LogP) is 2.59. The van der Waals surface area contributed by atoms with E-state index in [1.165, 1.54) is 14.2 Å². The number of ether oxygens (including phenoxy) is 3. The highest BCUT2D eigenvalue weighted by molar-refractivity contribution is 5.72. The highest BCUT2D eigenvalue weighted by Gasteiger charge is 2.18. The Kier molecular flexibility index (Phi) is 4.42. The van der Waals surface area contributed by atoms with Crippen molar-refractivity contribution in [1.29, 1.82) is 0 Å². The third-order valence-electron chi connectivity index (χ3n) is 2.05. The number of rotatable bonds is 3. The van der Waals surface area contributed by atoms with E-state index in [0.29, 0.717) is 17.2 Å². The van der Waals surface area contributed by atoms with E-state index in [1.54, 1.807) is 18.2 Å². The van der Waals surface area contributed by atoms with Gasteiger partial charge in [-0.15, -0.1) is 0 Å². The van der Waals surface area contributed by atoms with Gasteiger partial charge in [0.2, 0.25) is 5.75 Å². The molecule has 1 amide bonds. The number of methoxy groups -OCH3 is 2. The molecule has 18 heavy (non-hydrogen) atoms. The van der Waals surface area contributed by atoms with Crippen LogP contribution in [0.4, 0.5) is 4.79 Å². The number of amides is 1. The van der Waals surface area contributed by atoms with Crippen LogP contribution >= 0.6 is 0 Å². The van der Waals surface area contributed by atoms with Crippen molar-refractivity contribution >= 4 is 6.09 Å². The maximum absolute atomic E-state index is 11.7. The van der Waals surface area contributed by atoms with E-state index in [1.807, 2.05) is 20.8 Å². The second kappa shape index (κ2) is 5.62. The summed E-state index contributed by atoms with van der Waals surface area (Å²) >= 11 is 0. The van der Waals surface area contributed by atoms with E-state index in [2.05, 4.69) is 5.32 Å². The molecule has 0 aliphatic heterocycles. The van der Waals surface area contributed by atoms with Crippen LogP contribution in [0.1, 0.15) is 20.8 Å². The average Bonchev–Trinajstić information content (AvgIpc) is 2.25. The second-order valence-electron chi connectivity index (χ2n) is 4.76. The first-order valence-corrected chi connectivity index (χ1v) is 5.58. The minimum Gasteiger partial charge on any atom is -0.493 e. The molecule has 0 bridgehead atoms. The molecule has 0 spiro atoms. The van der Waals surface area contributed by atoms with Gasteiger partial charge in [0.15, 0.2) is 11.5 Å². The van der Waals surface area contributed by atoms with Gasteiger partial charge in [-0.2, -0.15) is 0 Å². The molecule has 0 aliphatic rings. The van der Waals surface area contributed by atoms with Gasteiger partial charge >= 0.3 is 6.09 Å². The van der Waals surface area contributed by atoms with Gasteiger partial charge in [-0.1, -0.05) is 6.07 Å². The average molecular weight is 253 g/mol. The van der Waals surface area contributed by atoms with Gasteiger partial charge in [0.25, 0.3) is 0 Å². The maximum Gasteiger partial charge on any atom is 0.413 e. The van der Waals surface area contributed by atoms with Gasteiger partial charge in [0.05, 0.1) is 14.2 Å². The molecule has 0 aromatic heterocycles. The first kappa shape index (κ1) is 14.2. The summed E-state index contributed by atoms with van der Waals surface area (Å²) in [5.74, 6) is 1.22. The summed E-state index contributed by atoms with van der Waals surface area (Å²) < 4.78 is 15.5. The van der Waals surface area contributed by atoms with Crippen molar-refractivity contribution < 1.29 is 19.0 Å². The highest BCUT2D eigenvalue weighted by Crippen LogP contribution is 2.36. The Morgan fingerprint density at radius 3 is 2.22 bits per heavy atom. The number of hydrogen-bond donors (Lipinski definition) is 1. The van der Waals surface area contributed by atoms with Crippen molar-refractivity contribution in [2.24, 2.45) is 0 Å². The van der Waals surface area contributed by atoms with Crippen LogP contribution in [0, 0.1) is 0 Å². The molecule has 0 atom stereocenters. The van der Waals surface area contributed by atoms with Crippen LogP contribution in [0.15, 0.2) is 18.2 Å². The first-order chi connectivity index (χ1) is 8.37. The predicted molar refractivity (Wildman–Crippen MR) is 68.5 cm³/mol. The van der Waals surface area contributed by atoms with Crippen molar-refractivity contribution in [2.75, 3.05) is 14.2 Å². The summed E-state index contributed by atoms with van der Waals surface area (Å²) in [5.41, 5.74) is -0.358. The lowest BCUT2D eigenvalue weighted by molar-refractivity contribution is 0.188. The fraction of sp³-hybridized carbons (Fsp3) is 0.462. The molecule has 1 N–H and O–H groups in total. The molecular weight excluding hydrogens is 234 g/mol. The molecule has 5 nitrogen and oxygen atoms in total. The summed E-state index contributed by atoms with van der Waals surface area (Å²) in [6, 6.07) is 5.10. The summed E-state index contributed by atoms with van der Waals surface area (Å²) in [5, 5.41) is 2.70. The van der Waals surface area contributed by atoms with E-state index in [0.717, 1.165) is 0 Å². The Morgan fingerprint density at radius 1 is 1.11 bits per heavy atom. The Hall–Kier alpha value is -1.91. The molecule has 100 valence electrons. The summed E-state index contributed by atoms with van der Waals surface area (Å²) in [4.78, 5) is 11.7. The molecular formula is C13H19NO4. The molecule has 0 radical (unpaired) electrons. The monoisotopic (exact) mass is 253 g/mol. The lowest BCUT2D eigenvalue weighted by Gasteiger charge is -2.20. The standard InChI is InChI=1S/C13H19NO4/c1-13(2,3)14-12(15)18-10-8-6-7-9(16-4)11(10)17-5/h6-8H,1-5H3,(H,14,15). The lowest BCUT2D eigenvalue weighted by Crippen LogP contribution is -2.42. The smallest absolute Gasteiger partial charge is 0.413 e. The van der Waals surface area contributed by atoms with Gasteiger partial charge in [-0.05, 0) is 32.9 Å². The van der Waals surface area contributed by atoms with Gasteiger partial charge < -0.3 is 19.5 Å². The maximum atomic E-state index is 11.7. The number of hydrogen-bond acceptors (Lipinski definition) is 4. The molecule has 5 heteroatoms. The highest BCUT2D eigenvalue weighted by atomic mass is 16.6. The van der Waals surface area contributed by atoms with Crippen LogP contribution in [-0.2, 0) is 0 Å². The number of nitrogens with one attached hydrogen (secondary N) is 1. The fourth-order valence-electron chi connectivity index (χ4n) is 1.37. The minimum atomic E-state index is -0.533. The van der Waals surface area contributed by atoms with Gasteiger partial charge in [-0.3, -0.25) is 0 Å². The van der Waals surface area contributed by atoms with E-state index in [-0.39, 0.29) is 5.54 Å². The van der Waals surface area contributed by atoms with E-state index in [9.17, 15) is 4.79 Å². The first-order valence-electron chi connectivity index (χ1n) is 5.58. The van der Waals surface area contributed by atoms with Crippen LogP contribution in [0.5, 0.6) is 17.2 Å². The molecule has 0 fully saturated rings. The summed E-state index contributed by atoms with van der Waals surface area (Å²) in [7, 11) is 3.02. The van der Waals surface area contributed by atoms with Crippen LogP contribution in [0.3, 0.4) is 0 Å². The van der Waals surface area contributed by atoms with E-state index < -0.39 is 6.09 Å². The Balaban J connectivity index is 2.87. The second-order valence-corrected chi connectivity index (χ2v) is 4.76. The molecule has 1 aromatic rings. The van der Waals surface area contributed by atoms with E-state index in [4.69, 9.17) is 14.2 Å². The van der Waals surface area contributed by atoms with Crippen molar-refractivity contribution in [3.05, 3.63) is 18.2 Å². The SMILES string of the molecule is COc1cccc(OC(=O)NC(C)(C)C)c1OC. The van der Waals surface area contributed by atoms with Crippen LogP contribution < -0.4 is 19.5 Å². The third kappa shape index (κ3) is 3.84. The minimum absolute atomic E-state index is 0.318. The molecule has 0 unspecified atom stereocenters. The number of carbonyl (C=O) groups excluding carboxylic acids is 1. The van der Waals surface area contributed by atoms with Crippen LogP contribution in [0.2, 0.25) is 0 Å². The molecule has 0 saturated carbocycles. The number of carbonyl (C=O) groups is 1.